The van der Waals surface area contributed by atoms with Gasteiger partial charge in [-0.25, -0.2) is 0 Å². The molecule has 0 N–H and O–H groups in total. The van der Waals surface area contributed by atoms with Crippen LogP contribution in [-0.4, -0.2) is 20.8 Å². The van der Waals surface area contributed by atoms with E-state index in [2.05, 4.69) is 6.07 Å². The van der Waals surface area contributed by atoms with Crippen LogP contribution in [0.3, 0.4) is 0 Å². The van der Waals surface area contributed by atoms with Gasteiger partial charge in [-0.05, 0) is 47.9 Å². The SMILES string of the molecule is CCOc1cc(C(=CC#N)c2ccc(OC)cc2)ccc1OC. The van der Waals surface area contributed by atoms with Gasteiger partial charge in [-0.3, -0.25) is 0 Å². The third kappa shape index (κ3) is 3.83. The zero-order valence-electron chi connectivity index (χ0n) is 13.5. The lowest BCUT2D eigenvalue weighted by molar-refractivity contribution is 0.311. The number of ether oxygens (including phenoxy) is 3. The Balaban J connectivity index is 2.47. The van der Waals surface area contributed by atoms with Crippen molar-refractivity contribution in [3.63, 3.8) is 0 Å². The van der Waals surface area contributed by atoms with Gasteiger partial charge in [-0.15, -0.1) is 0 Å². The molecular weight excluding hydrogens is 290 g/mol. The zero-order valence-corrected chi connectivity index (χ0v) is 13.5. The molecule has 0 radical (unpaired) electrons. The van der Waals surface area contributed by atoms with E-state index in [-0.39, 0.29) is 0 Å². The van der Waals surface area contributed by atoms with Gasteiger partial charge in [-0.2, -0.15) is 5.26 Å². The van der Waals surface area contributed by atoms with E-state index in [1.165, 1.54) is 6.08 Å². The van der Waals surface area contributed by atoms with Crippen LogP contribution in [0, 0.1) is 11.3 Å². The smallest absolute Gasteiger partial charge is 0.161 e. The molecule has 0 aliphatic carbocycles. The van der Waals surface area contributed by atoms with E-state index in [9.17, 15) is 0 Å². The van der Waals surface area contributed by atoms with Gasteiger partial charge in [0.1, 0.15) is 5.75 Å². The van der Waals surface area contributed by atoms with Crippen molar-refractivity contribution in [1.82, 2.24) is 0 Å². The van der Waals surface area contributed by atoms with E-state index >= 15 is 0 Å². The molecule has 0 unspecified atom stereocenters. The molecule has 0 heterocycles. The van der Waals surface area contributed by atoms with Crippen molar-refractivity contribution in [2.45, 2.75) is 6.92 Å². The summed E-state index contributed by atoms with van der Waals surface area (Å²) < 4.78 is 16.1. The van der Waals surface area contributed by atoms with E-state index in [1.54, 1.807) is 14.2 Å². The Kier molecular flexibility index (Phi) is 5.65. The van der Waals surface area contributed by atoms with Crippen molar-refractivity contribution in [1.29, 1.82) is 5.26 Å². The highest BCUT2D eigenvalue weighted by Crippen LogP contribution is 2.33. The average molecular weight is 309 g/mol. The van der Waals surface area contributed by atoms with Gasteiger partial charge in [-0.1, -0.05) is 18.2 Å². The predicted molar refractivity (Wildman–Crippen MR) is 89.8 cm³/mol. The molecule has 0 atom stereocenters. The average Bonchev–Trinajstić information content (AvgIpc) is 2.60. The minimum atomic E-state index is 0.541. The maximum Gasteiger partial charge on any atom is 0.161 e. The molecule has 0 spiro atoms. The predicted octanol–water partition coefficient (Wildman–Crippen LogP) is 4.06. The molecule has 2 aromatic rings. The summed E-state index contributed by atoms with van der Waals surface area (Å²) in [5.41, 5.74) is 2.64. The molecule has 0 amide bonds. The first-order valence-electron chi connectivity index (χ1n) is 7.29. The van der Waals surface area contributed by atoms with Crippen molar-refractivity contribution in [2.75, 3.05) is 20.8 Å². The fourth-order valence-corrected chi connectivity index (χ4v) is 2.28. The molecule has 0 saturated heterocycles. The first-order chi connectivity index (χ1) is 11.2. The molecule has 0 bridgehead atoms. The number of rotatable bonds is 6. The molecule has 0 aliphatic heterocycles. The van der Waals surface area contributed by atoms with Crippen molar-refractivity contribution in [2.24, 2.45) is 0 Å². The van der Waals surface area contributed by atoms with Crippen molar-refractivity contribution in [3.05, 3.63) is 59.7 Å². The molecule has 2 aromatic carbocycles. The largest absolute Gasteiger partial charge is 0.497 e. The molecule has 118 valence electrons. The van der Waals surface area contributed by atoms with E-state index in [0.29, 0.717) is 18.1 Å². The molecule has 23 heavy (non-hydrogen) atoms. The van der Waals surface area contributed by atoms with Crippen LogP contribution in [0.2, 0.25) is 0 Å². The second-order valence-electron chi connectivity index (χ2n) is 4.71. The number of hydrogen-bond acceptors (Lipinski definition) is 4. The molecule has 0 fully saturated rings. The van der Waals surface area contributed by atoms with Gasteiger partial charge < -0.3 is 14.2 Å². The highest BCUT2D eigenvalue weighted by atomic mass is 16.5. The van der Waals surface area contributed by atoms with Gasteiger partial charge in [0.05, 0.1) is 26.9 Å². The quantitative estimate of drug-likeness (QED) is 0.755. The highest BCUT2D eigenvalue weighted by molar-refractivity contribution is 5.82. The van der Waals surface area contributed by atoms with Gasteiger partial charge in [0.2, 0.25) is 0 Å². The van der Waals surface area contributed by atoms with Crippen LogP contribution >= 0.6 is 0 Å². The Hall–Kier alpha value is -2.93. The molecule has 2 rings (SSSR count). The van der Waals surface area contributed by atoms with Crippen LogP contribution in [0.25, 0.3) is 5.57 Å². The maximum atomic E-state index is 9.13. The molecule has 0 saturated carbocycles. The molecule has 4 nitrogen and oxygen atoms in total. The van der Waals surface area contributed by atoms with Crippen molar-refractivity contribution in [3.8, 4) is 23.3 Å². The Morgan fingerprint density at radius 3 is 2.26 bits per heavy atom. The monoisotopic (exact) mass is 309 g/mol. The van der Waals surface area contributed by atoms with Crippen molar-refractivity contribution >= 4 is 5.57 Å². The summed E-state index contributed by atoms with van der Waals surface area (Å²) >= 11 is 0. The second-order valence-corrected chi connectivity index (χ2v) is 4.71. The van der Waals surface area contributed by atoms with E-state index < -0.39 is 0 Å². The summed E-state index contributed by atoms with van der Waals surface area (Å²) in [5, 5.41) is 9.13. The number of nitriles is 1. The summed E-state index contributed by atoms with van der Waals surface area (Å²) in [6.45, 7) is 2.46. The summed E-state index contributed by atoms with van der Waals surface area (Å²) in [6, 6.07) is 15.3. The number of methoxy groups -OCH3 is 2. The minimum absolute atomic E-state index is 0.541. The maximum absolute atomic E-state index is 9.13. The first kappa shape index (κ1) is 16.4. The zero-order chi connectivity index (χ0) is 16.7. The lowest BCUT2D eigenvalue weighted by Gasteiger charge is -2.13. The second kappa shape index (κ2) is 7.90. The van der Waals surface area contributed by atoms with E-state index in [0.717, 1.165) is 22.4 Å². The lowest BCUT2D eigenvalue weighted by atomic mass is 9.97. The van der Waals surface area contributed by atoms with Crippen LogP contribution in [-0.2, 0) is 0 Å². The standard InChI is InChI=1S/C19H19NO3/c1-4-23-19-13-15(7-10-18(19)22-3)17(11-12-20)14-5-8-16(21-2)9-6-14/h5-11,13H,4H2,1-3H3. The Labute approximate surface area is 136 Å². The Morgan fingerprint density at radius 1 is 1.00 bits per heavy atom. The van der Waals surface area contributed by atoms with Gasteiger partial charge in [0, 0.05) is 6.08 Å². The van der Waals surface area contributed by atoms with Gasteiger partial charge in [0.25, 0.3) is 0 Å². The third-order valence-corrected chi connectivity index (χ3v) is 3.38. The van der Waals surface area contributed by atoms with Crippen LogP contribution < -0.4 is 14.2 Å². The molecule has 0 aliphatic rings. The van der Waals surface area contributed by atoms with Crippen LogP contribution in [0.5, 0.6) is 17.2 Å². The van der Waals surface area contributed by atoms with E-state index in [4.69, 9.17) is 19.5 Å². The Bertz CT molecular complexity index is 727. The normalized spacial score (nSPS) is 10.8. The molecular formula is C19H19NO3. The summed E-state index contributed by atoms with van der Waals surface area (Å²) in [5.74, 6) is 2.10. The van der Waals surface area contributed by atoms with Gasteiger partial charge >= 0.3 is 0 Å². The number of hydrogen-bond donors (Lipinski definition) is 0. The molecule has 0 aromatic heterocycles. The number of benzene rings is 2. The molecule has 4 heteroatoms. The van der Waals surface area contributed by atoms with Gasteiger partial charge in [0.15, 0.2) is 11.5 Å². The summed E-state index contributed by atoms with van der Waals surface area (Å²) in [7, 11) is 3.23. The lowest BCUT2D eigenvalue weighted by Crippen LogP contribution is -1.97. The fraction of sp³-hybridized carbons (Fsp3) is 0.211. The fourth-order valence-electron chi connectivity index (χ4n) is 2.28. The third-order valence-electron chi connectivity index (χ3n) is 3.38. The Morgan fingerprint density at radius 2 is 1.70 bits per heavy atom. The van der Waals surface area contributed by atoms with Crippen LogP contribution in [0.4, 0.5) is 0 Å². The number of allylic oxidation sites excluding steroid dienone is 1. The van der Waals surface area contributed by atoms with Crippen LogP contribution in [0.1, 0.15) is 18.1 Å². The van der Waals surface area contributed by atoms with Crippen molar-refractivity contribution < 1.29 is 14.2 Å². The summed E-state index contributed by atoms with van der Waals surface area (Å²) in [4.78, 5) is 0. The number of nitrogens with zero attached hydrogens (tertiary/aromatic N) is 1. The van der Waals surface area contributed by atoms with E-state index in [1.807, 2.05) is 49.4 Å². The first-order valence-corrected chi connectivity index (χ1v) is 7.29. The topological polar surface area (TPSA) is 51.5 Å². The summed E-state index contributed by atoms with van der Waals surface area (Å²) in [6.07, 6.45) is 1.53. The highest BCUT2D eigenvalue weighted by Gasteiger charge is 2.10. The minimum Gasteiger partial charge on any atom is -0.497 e. The van der Waals surface area contributed by atoms with Crippen LogP contribution in [0.15, 0.2) is 48.5 Å².